The predicted octanol–water partition coefficient (Wildman–Crippen LogP) is -1.47. The van der Waals surface area contributed by atoms with Gasteiger partial charge in [-0.05, 0) is 38.3 Å². The Morgan fingerprint density at radius 3 is 2.60 bits per heavy atom. The van der Waals surface area contributed by atoms with Crippen molar-refractivity contribution in [3.05, 3.63) is 24.2 Å². The van der Waals surface area contributed by atoms with Gasteiger partial charge in [-0.1, -0.05) is 0 Å². The highest BCUT2D eigenvalue weighted by atomic mass is 35.5. The first-order chi connectivity index (χ1) is 6.70. The Bertz CT molecular complexity index is 234. The van der Waals surface area contributed by atoms with E-state index in [1.807, 2.05) is 6.07 Å². The molecule has 0 amide bonds. The van der Waals surface area contributed by atoms with E-state index in [4.69, 9.17) is 4.42 Å². The van der Waals surface area contributed by atoms with Crippen LogP contribution in [0.25, 0.3) is 0 Å². The fourth-order valence-electron chi connectivity index (χ4n) is 1.49. The molecule has 0 bridgehead atoms. The molecule has 0 spiro atoms. The van der Waals surface area contributed by atoms with Gasteiger partial charge in [-0.25, -0.2) is 0 Å². The zero-order valence-electron chi connectivity index (χ0n) is 9.92. The van der Waals surface area contributed by atoms with E-state index in [0.29, 0.717) is 0 Å². The molecule has 88 valence electrons. The lowest BCUT2D eigenvalue weighted by Crippen LogP contribution is -3.09. The van der Waals surface area contributed by atoms with Crippen molar-refractivity contribution in [1.82, 2.24) is 0 Å². The average Bonchev–Trinajstić information content (AvgIpc) is 2.64. The maximum Gasteiger partial charge on any atom is 0.103 e. The van der Waals surface area contributed by atoms with Crippen LogP contribution in [0.2, 0.25) is 0 Å². The van der Waals surface area contributed by atoms with Gasteiger partial charge in [0, 0.05) is 6.42 Å². The van der Waals surface area contributed by atoms with E-state index < -0.39 is 0 Å². The number of aryl methyl sites for hydroxylation is 1. The average molecular weight is 232 g/mol. The molecule has 1 unspecified atom stereocenters. The Kier molecular flexibility index (Phi) is 7.53. The van der Waals surface area contributed by atoms with E-state index in [-0.39, 0.29) is 12.4 Å². The Hall–Kier alpha value is -0.470. The van der Waals surface area contributed by atoms with Crippen molar-refractivity contribution < 1.29 is 21.7 Å². The molecule has 3 heteroatoms. The van der Waals surface area contributed by atoms with Crippen molar-refractivity contribution in [3.63, 3.8) is 0 Å². The molecule has 0 aliphatic carbocycles. The molecule has 0 saturated heterocycles. The number of unbranched alkanes of at least 4 members (excludes halogenated alkanes) is 1. The van der Waals surface area contributed by atoms with Gasteiger partial charge in [0.25, 0.3) is 0 Å². The first-order valence-electron chi connectivity index (χ1n) is 5.52. The minimum atomic E-state index is 0. The molecule has 0 radical (unpaired) electrons. The first kappa shape index (κ1) is 14.5. The summed E-state index contributed by atoms with van der Waals surface area (Å²) in [6.07, 6.45) is 6.69. The molecule has 0 saturated carbocycles. The number of hydrogen-bond acceptors (Lipinski definition) is 1. The largest absolute Gasteiger partial charge is 1.00 e. The molecule has 0 fully saturated rings. The number of rotatable bonds is 6. The summed E-state index contributed by atoms with van der Waals surface area (Å²) in [7, 11) is 4.44. The van der Waals surface area contributed by atoms with Gasteiger partial charge >= 0.3 is 0 Å². The van der Waals surface area contributed by atoms with Gasteiger partial charge in [0.05, 0.1) is 26.4 Å². The van der Waals surface area contributed by atoms with Gasteiger partial charge in [-0.2, -0.15) is 0 Å². The van der Waals surface area contributed by atoms with Crippen LogP contribution in [-0.2, 0) is 6.42 Å². The van der Waals surface area contributed by atoms with Gasteiger partial charge < -0.3 is 21.7 Å². The topological polar surface area (TPSA) is 17.6 Å². The zero-order chi connectivity index (χ0) is 10.4. The molecular weight excluding hydrogens is 210 g/mol. The summed E-state index contributed by atoms with van der Waals surface area (Å²) >= 11 is 0. The molecule has 1 N–H and O–H groups in total. The van der Waals surface area contributed by atoms with E-state index >= 15 is 0 Å². The summed E-state index contributed by atoms with van der Waals surface area (Å²) in [4.78, 5) is 1.54. The van der Waals surface area contributed by atoms with Crippen molar-refractivity contribution in [1.29, 1.82) is 0 Å². The smallest absolute Gasteiger partial charge is 0.103 e. The normalized spacial score (nSPS) is 12.5. The molecule has 1 aromatic rings. The fourth-order valence-corrected chi connectivity index (χ4v) is 1.49. The summed E-state index contributed by atoms with van der Waals surface area (Å²) < 4.78 is 5.28. The van der Waals surface area contributed by atoms with E-state index in [0.717, 1.165) is 18.2 Å². The molecule has 1 aromatic heterocycles. The SMILES string of the molecule is CC(CCCCc1ccco1)[NH+](C)C.[Cl-]. The minimum absolute atomic E-state index is 0. The second-order valence-electron chi connectivity index (χ2n) is 4.30. The number of furan rings is 1. The lowest BCUT2D eigenvalue weighted by atomic mass is 10.1. The summed E-state index contributed by atoms with van der Waals surface area (Å²) in [5, 5.41) is 0. The van der Waals surface area contributed by atoms with Crippen LogP contribution in [0.4, 0.5) is 0 Å². The van der Waals surface area contributed by atoms with Crippen molar-refractivity contribution in [2.45, 2.75) is 38.6 Å². The van der Waals surface area contributed by atoms with Gasteiger partial charge in [0.1, 0.15) is 5.76 Å². The second kappa shape index (κ2) is 7.77. The Balaban J connectivity index is 0.00000196. The number of quaternary nitrogens is 1. The fraction of sp³-hybridized carbons (Fsp3) is 0.667. The van der Waals surface area contributed by atoms with Crippen molar-refractivity contribution in [3.8, 4) is 0 Å². The monoisotopic (exact) mass is 231 g/mol. The van der Waals surface area contributed by atoms with Crippen LogP contribution in [0.5, 0.6) is 0 Å². The molecule has 0 aliphatic rings. The molecule has 2 nitrogen and oxygen atoms in total. The molecular formula is C12H22ClNO. The van der Waals surface area contributed by atoms with E-state index in [2.05, 4.69) is 27.1 Å². The first-order valence-corrected chi connectivity index (χ1v) is 5.52. The quantitative estimate of drug-likeness (QED) is 0.592. The van der Waals surface area contributed by atoms with Crippen LogP contribution in [0.1, 0.15) is 31.9 Å². The molecule has 0 aromatic carbocycles. The second-order valence-corrected chi connectivity index (χ2v) is 4.30. The van der Waals surface area contributed by atoms with Crippen LogP contribution in [0, 0.1) is 0 Å². The van der Waals surface area contributed by atoms with Crippen LogP contribution >= 0.6 is 0 Å². The third-order valence-corrected chi connectivity index (χ3v) is 2.88. The Morgan fingerprint density at radius 1 is 1.33 bits per heavy atom. The summed E-state index contributed by atoms with van der Waals surface area (Å²) in [6.45, 7) is 2.31. The van der Waals surface area contributed by atoms with E-state index in [9.17, 15) is 0 Å². The zero-order valence-corrected chi connectivity index (χ0v) is 10.7. The van der Waals surface area contributed by atoms with E-state index in [1.165, 1.54) is 19.3 Å². The van der Waals surface area contributed by atoms with Crippen molar-refractivity contribution in [2.24, 2.45) is 0 Å². The van der Waals surface area contributed by atoms with Gasteiger partial charge in [0.15, 0.2) is 0 Å². The highest BCUT2D eigenvalue weighted by Crippen LogP contribution is 2.07. The van der Waals surface area contributed by atoms with Crippen LogP contribution < -0.4 is 17.3 Å². The maximum atomic E-state index is 5.28. The van der Waals surface area contributed by atoms with Gasteiger partial charge in [-0.15, -0.1) is 0 Å². The molecule has 1 rings (SSSR count). The molecule has 1 heterocycles. The minimum Gasteiger partial charge on any atom is -1.00 e. The predicted molar refractivity (Wildman–Crippen MR) is 58.5 cm³/mol. The number of nitrogens with one attached hydrogen (secondary N) is 1. The number of halogens is 1. The van der Waals surface area contributed by atoms with Crippen molar-refractivity contribution in [2.75, 3.05) is 14.1 Å². The van der Waals surface area contributed by atoms with E-state index in [1.54, 1.807) is 11.2 Å². The third kappa shape index (κ3) is 5.85. The van der Waals surface area contributed by atoms with Gasteiger partial charge in [-0.3, -0.25) is 0 Å². The third-order valence-electron chi connectivity index (χ3n) is 2.88. The summed E-state index contributed by atoms with van der Waals surface area (Å²) in [5.74, 6) is 1.12. The van der Waals surface area contributed by atoms with Crippen molar-refractivity contribution >= 4 is 0 Å². The Labute approximate surface area is 99.1 Å². The highest BCUT2D eigenvalue weighted by molar-refractivity contribution is 4.97. The molecule has 0 aliphatic heterocycles. The lowest BCUT2D eigenvalue weighted by Gasteiger charge is -2.16. The molecule has 15 heavy (non-hydrogen) atoms. The number of hydrogen-bond donors (Lipinski definition) is 1. The summed E-state index contributed by atoms with van der Waals surface area (Å²) in [6, 6.07) is 4.79. The van der Waals surface area contributed by atoms with Crippen LogP contribution in [0.15, 0.2) is 22.8 Å². The Morgan fingerprint density at radius 2 is 2.07 bits per heavy atom. The standard InChI is InChI=1S/C12H21NO.ClH/c1-11(13(2)3)7-4-5-8-12-9-6-10-14-12;/h6,9-11H,4-5,7-8H2,1-3H3;1H. The van der Waals surface area contributed by atoms with Crippen LogP contribution in [0.3, 0.4) is 0 Å². The molecule has 1 atom stereocenters. The van der Waals surface area contributed by atoms with Gasteiger partial charge in [0.2, 0.25) is 0 Å². The highest BCUT2D eigenvalue weighted by Gasteiger charge is 2.06. The lowest BCUT2D eigenvalue weighted by molar-refractivity contribution is -0.883. The summed E-state index contributed by atoms with van der Waals surface area (Å²) in [5.41, 5.74) is 0. The van der Waals surface area contributed by atoms with Crippen LogP contribution in [-0.4, -0.2) is 20.1 Å². The maximum absolute atomic E-state index is 5.28.